The second-order valence-corrected chi connectivity index (χ2v) is 6.39. The molecular weight excluding hydrogens is 304 g/mol. The number of anilines is 1. The van der Waals surface area contributed by atoms with Gasteiger partial charge in [-0.05, 0) is 6.07 Å². The number of sulfone groups is 1. The number of hydrogen-bond donors (Lipinski definition) is 1. The largest absolute Gasteiger partial charge is 0.493 e. The van der Waals surface area contributed by atoms with Crippen molar-refractivity contribution in [3.8, 4) is 17.0 Å². The molecule has 0 aliphatic heterocycles. The van der Waals surface area contributed by atoms with Crippen LogP contribution in [0.4, 0.5) is 14.6 Å². The van der Waals surface area contributed by atoms with Gasteiger partial charge in [0.1, 0.15) is 16.5 Å². The highest BCUT2D eigenvalue weighted by molar-refractivity contribution is 7.90. The SMILES string of the molecule is COc1c(-c2cc(N)n(C)n2)cc(F)c(S(C)(=O)=O)c1F. The highest BCUT2D eigenvalue weighted by atomic mass is 32.2. The van der Waals surface area contributed by atoms with Crippen molar-refractivity contribution in [2.45, 2.75) is 4.90 Å². The number of nitrogen functional groups attached to an aromatic ring is 1. The number of aryl methyl sites for hydroxylation is 1. The van der Waals surface area contributed by atoms with Crippen LogP contribution in [0.2, 0.25) is 0 Å². The van der Waals surface area contributed by atoms with Crippen molar-refractivity contribution < 1.29 is 21.9 Å². The number of rotatable bonds is 3. The lowest BCUT2D eigenvalue weighted by Gasteiger charge is -2.11. The number of nitrogens with zero attached hydrogens (tertiary/aromatic N) is 2. The average molecular weight is 317 g/mol. The summed E-state index contributed by atoms with van der Waals surface area (Å²) in [5.74, 6) is -2.63. The molecule has 0 atom stereocenters. The predicted molar refractivity (Wildman–Crippen MR) is 72.6 cm³/mol. The molecule has 0 bridgehead atoms. The Bertz CT molecular complexity index is 796. The van der Waals surface area contributed by atoms with E-state index in [2.05, 4.69) is 5.10 Å². The van der Waals surface area contributed by atoms with Crippen LogP contribution in [0.1, 0.15) is 0 Å². The number of methoxy groups -OCH3 is 1. The number of aromatic nitrogens is 2. The number of ether oxygens (including phenoxy) is 1. The van der Waals surface area contributed by atoms with E-state index in [1.54, 1.807) is 7.05 Å². The molecule has 0 spiro atoms. The standard InChI is InChI=1S/C12H13F2N3O3S/c1-17-9(15)5-8(16-17)6-4-7(13)12(21(3,18)19)10(14)11(6)20-2/h4-5H,15H2,1-3H3. The third-order valence-corrected chi connectivity index (χ3v) is 4.01. The van der Waals surface area contributed by atoms with Crippen molar-refractivity contribution in [3.63, 3.8) is 0 Å². The molecule has 2 aromatic rings. The summed E-state index contributed by atoms with van der Waals surface area (Å²) in [5, 5.41) is 3.99. The topological polar surface area (TPSA) is 87.2 Å². The molecule has 2 rings (SSSR count). The van der Waals surface area contributed by atoms with Crippen LogP contribution in [0.25, 0.3) is 11.3 Å². The van der Waals surface area contributed by atoms with Crippen LogP contribution in [0.15, 0.2) is 17.0 Å². The number of nitrogens with two attached hydrogens (primary N) is 1. The molecule has 6 nitrogen and oxygen atoms in total. The minimum Gasteiger partial charge on any atom is -0.493 e. The summed E-state index contributed by atoms with van der Waals surface area (Å²) in [7, 11) is -1.37. The molecule has 1 heterocycles. The van der Waals surface area contributed by atoms with E-state index < -0.39 is 32.1 Å². The van der Waals surface area contributed by atoms with Gasteiger partial charge in [0, 0.05) is 19.4 Å². The smallest absolute Gasteiger partial charge is 0.187 e. The molecule has 0 fully saturated rings. The van der Waals surface area contributed by atoms with Crippen LogP contribution in [0, 0.1) is 11.6 Å². The monoisotopic (exact) mass is 317 g/mol. The number of benzene rings is 1. The molecule has 0 saturated carbocycles. The van der Waals surface area contributed by atoms with Crippen LogP contribution in [0.5, 0.6) is 5.75 Å². The van der Waals surface area contributed by atoms with Crippen LogP contribution >= 0.6 is 0 Å². The summed E-state index contributed by atoms with van der Waals surface area (Å²) in [6, 6.07) is 2.26. The third kappa shape index (κ3) is 2.56. The number of halogens is 2. The zero-order valence-corrected chi connectivity index (χ0v) is 12.3. The van der Waals surface area contributed by atoms with Gasteiger partial charge in [-0.1, -0.05) is 0 Å². The zero-order chi connectivity index (χ0) is 15.9. The van der Waals surface area contributed by atoms with Crippen molar-refractivity contribution in [1.29, 1.82) is 0 Å². The van der Waals surface area contributed by atoms with Gasteiger partial charge in [0.2, 0.25) is 0 Å². The fraction of sp³-hybridized carbons (Fsp3) is 0.250. The molecule has 0 saturated heterocycles. The van der Waals surface area contributed by atoms with E-state index in [-0.39, 0.29) is 17.1 Å². The van der Waals surface area contributed by atoms with E-state index in [0.29, 0.717) is 6.26 Å². The Kier molecular flexibility index (Phi) is 3.62. The van der Waals surface area contributed by atoms with Gasteiger partial charge in [-0.15, -0.1) is 0 Å². The van der Waals surface area contributed by atoms with Gasteiger partial charge >= 0.3 is 0 Å². The molecule has 1 aromatic heterocycles. The Hall–Kier alpha value is -2.16. The Balaban J connectivity index is 2.81. The van der Waals surface area contributed by atoms with Crippen molar-refractivity contribution in [2.24, 2.45) is 7.05 Å². The fourth-order valence-corrected chi connectivity index (χ4v) is 2.76. The first-order valence-electron chi connectivity index (χ1n) is 5.72. The van der Waals surface area contributed by atoms with Crippen molar-refractivity contribution in [3.05, 3.63) is 23.8 Å². The maximum absolute atomic E-state index is 14.3. The Morgan fingerprint density at radius 1 is 1.33 bits per heavy atom. The van der Waals surface area contributed by atoms with Crippen molar-refractivity contribution in [1.82, 2.24) is 9.78 Å². The summed E-state index contributed by atoms with van der Waals surface area (Å²) in [6.07, 6.45) is 0.715. The van der Waals surface area contributed by atoms with Gasteiger partial charge in [0.25, 0.3) is 0 Å². The quantitative estimate of drug-likeness (QED) is 0.923. The second-order valence-electron chi connectivity index (χ2n) is 4.43. The molecule has 9 heteroatoms. The molecule has 0 amide bonds. The Morgan fingerprint density at radius 2 is 1.95 bits per heavy atom. The van der Waals surface area contributed by atoms with Crippen LogP contribution < -0.4 is 10.5 Å². The number of hydrogen-bond acceptors (Lipinski definition) is 5. The van der Waals surface area contributed by atoms with Gasteiger partial charge in [0.05, 0.1) is 18.4 Å². The lowest BCUT2D eigenvalue weighted by atomic mass is 10.1. The molecule has 0 radical (unpaired) electrons. The lowest BCUT2D eigenvalue weighted by molar-refractivity contribution is 0.377. The highest BCUT2D eigenvalue weighted by Gasteiger charge is 2.27. The first-order chi connectivity index (χ1) is 9.66. The van der Waals surface area contributed by atoms with Crippen molar-refractivity contribution in [2.75, 3.05) is 19.1 Å². The second kappa shape index (κ2) is 4.99. The van der Waals surface area contributed by atoms with Gasteiger partial charge in [-0.3, -0.25) is 4.68 Å². The molecule has 0 unspecified atom stereocenters. The minimum atomic E-state index is -4.08. The molecule has 0 aliphatic rings. The lowest BCUT2D eigenvalue weighted by Crippen LogP contribution is -2.07. The Morgan fingerprint density at radius 3 is 2.38 bits per heavy atom. The van der Waals surface area contributed by atoms with Gasteiger partial charge in [-0.25, -0.2) is 17.2 Å². The molecule has 21 heavy (non-hydrogen) atoms. The summed E-state index contributed by atoms with van der Waals surface area (Å²) in [4.78, 5) is -1.04. The summed E-state index contributed by atoms with van der Waals surface area (Å²) in [5.41, 5.74) is 5.77. The first-order valence-corrected chi connectivity index (χ1v) is 7.62. The molecule has 2 N–H and O–H groups in total. The molecule has 0 aliphatic carbocycles. The van der Waals surface area contributed by atoms with Gasteiger partial charge < -0.3 is 10.5 Å². The third-order valence-electron chi connectivity index (χ3n) is 2.90. The van der Waals surface area contributed by atoms with E-state index in [9.17, 15) is 17.2 Å². The maximum Gasteiger partial charge on any atom is 0.187 e. The summed E-state index contributed by atoms with van der Waals surface area (Å²) >= 11 is 0. The van der Waals surface area contributed by atoms with Gasteiger partial charge in [-0.2, -0.15) is 5.10 Å². The van der Waals surface area contributed by atoms with Crippen LogP contribution in [0.3, 0.4) is 0 Å². The van der Waals surface area contributed by atoms with E-state index in [1.807, 2.05) is 0 Å². The first kappa shape index (κ1) is 15.2. The van der Waals surface area contributed by atoms with Crippen molar-refractivity contribution >= 4 is 15.7 Å². The highest BCUT2D eigenvalue weighted by Crippen LogP contribution is 2.37. The maximum atomic E-state index is 14.3. The molecular formula is C12H13F2N3O3S. The summed E-state index contributed by atoms with van der Waals surface area (Å²) < 4.78 is 57.4. The van der Waals surface area contributed by atoms with Gasteiger partial charge in [0.15, 0.2) is 21.4 Å². The normalized spacial score (nSPS) is 11.7. The molecule has 114 valence electrons. The van der Waals surface area contributed by atoms with E-state index in [0.717, 1.165) is 13.2 Å². The van der Waals surface area contributed by atoms with E-state index in [1.165, 1.54) is 10.7 Å². The fourth-order valence-electron chi connectivity index (χ4n) is 1.93. The van der Waals surface area contributed by atoms with E-state index >= 15 is 0 Å². The predicted octanol–water partition coefficient (Wildman–Crippen LogP) is 1.36. The molecule has 1 aromatic carbocycles. The Labute approximate surface area is 120 Å². The van der Waals surface area contributed by atoms with Crippen LogP contribution in [-0.2, 0) is 16.9 Å². The average Bonchev–Trinajstić information content (AvgIpc) is 2.67. The minimum absolute atomic E-state index is 0.0211. The van der Waals surface area contributed by atoms with E-state index in [4.69, 9.17) is 10.5 Å². The van der Waals surface area contributed by atoms with Crippen LogP contribution in [-0.4, -0.2) is 31.6 Å². The zero-order valence-electron chi connectivity index (χ0n) is 11.5. The summed E-state index contributed by atoms with van der Waals surface area (Å²) in [6.45, 7) is 0.